The lowest BCUT2D eigenvalue weighted by Gasteiger charge is -2.36. The van der Waals surface area contributed by atoms with Crippen molar-refractivity contribution in [3.8, 4) is 0 Å². The number of hydrogen-bond donors (Lipinski definition) is 3. The average Bonchev–Trinajstić information content (AvgIpc) is 3.24. The van der Waals surface area contributed by atoms with Crippen LogP contribution in [-0.4, -0.2) is 58.3 Å². The fourth-order valence-electron chi connectivity index (χ4n) is 3.85. The largest absolute Gasteiger partial charge is 0.394 e. The van der Waals surface area contributed by atoms with Crippen LogP contribution in [0.2, 0.25) is 0 Å². The van der Waals surface area contributed by atoms with Crippen LogP contribution in [0.15, 0.2) is 18.6 Å². The van der Waals surface area contributed by atoms with Crippen LogP contribution in [0.4, 0.5) is 0 Å². The number of aliphatic hydroxyl groups is 1. The molecule has 8 heteroatoms. The number of hydrogen-bond acceptors (Lipinski definition) is 6. The smallest absolute Gasteiger partial charge is 0.271 e. The minimum absolute atomic E-state index is 0.0519. The van der Waals surface area contributed by atoms with Crippen molar-refractivity contribution >= 4 is 11.8 Å². The Morgan fingerprint density at radius 3 is 2.70 bits per heavy atom. The predicted molar refractivity (Wildman–Crippen MR) is 97.9 cm³/mol. The summed E-state index contributed by atoms with van der Waals surface area (Å²) in [5.74, 6) is -0.0630. The number of nitrogens with zero attached hydrogens (tertiary/aromatic N) is 2. The first-order chi connectivity index (χ1) is 13.2. The van der Waals surface area contributed by atoms with Crippen molar-refractivity contribution in [1.82, 2.24) is 20.6 Å². The van der Waals surface area contributed by atoms with Gasteiger partial charge in [-0.25, -0.2) is 4.98 Å². The summed E-state index contributed by atoms with van der Waals surface area (Å²) in [6.45, 7) is 0.329. The van der Waals surface area contributed by atoms with Crippen molar-refractivity contribution in [2.24, 2.45) is 5.92 Å². The molecule has 8 nitrogen and oxygen atoms in total. The SMILES string of the molecule is O=C(NCC[C@@H]1CC[C@H](NC(=O)C2CCCC2)[C@H](CO)O1)c1cnccn1. The molecule has 1 aromatic rings. The van der Waals surface area contributed by atoms with Crippen molar-refractivity contribution in [2.45, 2.75) is 63.2 Å². The second kappa shape index (κ2) is 9.75. The van der Waals surface area contributed by atoms with Gasteiger partial charge in [-0.3, -0.25) is 14.6 Å². The first-order valence-corrected chi connectivity index (χ1v) is 9.78. The molecule has 0 radical (unpaired) electrons. The molecule has 1 aliphatic carbocycles. The monoisotopic (exact) mass is 376 g/mol. The second-order valence-electron chi connectivity index (χ2n) is 7.29. The zero-order valence-corrected chi connectivity index (χ0v) is 15.5. The van der Waals surface area contributed by atoms with E-state index in [1.165, 1.54) is 18.6 Å². The molecule has 148 valence electrons. The molecule has 0 unspecified atom stereocenters. The first kappa shape index (κ1) is 19.7. The molecule has 1 aromatic heterocycles. The van der Waals surface area contributed by atoms with Crippen LogP contribution in [-0.2, 0) is 9.53 Å². The summed E-state index contributed by atoms with van der Waals surface area (Å²) in [6, 6.07) is -0.145. The molecule has 2 amide bonds. The highest BCUT2D eigenvalue weighted by molar-refractivity contribution is 5.91. The van der Waals surface area contributed by atoms with Gasteiger partial charge < -0.3 is 20.5 Å². The number of carbonyl (C=O) groups excluding carboxylic acids is 2. The Bertz CT molecular complexity index is 621. The molecule has 2 aliphatic rings. The van der Waals surface area contributed by atoms with Crippen LogP contribution in [0.25, 0.3) is 0 Å². The predicted octanol–water partition coefficient (Wildman–Crippen LogP) is 0.811. The fourth-order valence-corrected chi connectivity index (χ4v) is 3.85. The van der Waals surface area contributed by atoms with Crippen LogP contribution in [0.1, 0.15) is 55.4 Å². The number of ether oxygens (including phenoxy) is 1. The van der Waals surface area contributed by atoms with E-state index >= 15 is 0 Å². The zero-order valence-electron chi connectivity index (χ0n) is 15.5. The van der Waals surface area contributed by atoms with E-state index in [-0.39, 0.29) is 42.2 Å². The van der Waals surface area contributed by atoms with E-state index in [4.69, 9.17) is 4.74 Å². The Morgan fingerprint density at radius 2 is 2.00 bits per heavy atom. The lowest BCUT2D eigenvalue weighted by molar-refractivity contribution is -0.131. The number of nitrogens with one attached hydrogen (secondary N) is 2. The zero-order chi connectivity index (χ0) is 19.1. The summed E-state index contributed by atoms with van der Waals surface area (Å²) >= 11 is 0. The molecular formula is C19H28N4O4. The maximum Gasteiger partial charge on any atom is 0.271 e. The molecule has 0 aromatic carbocycles. The Balaban J connectivity index is 1.41. The van der Waals surface area contributed by atoms with E-state index in [2.05, 4.69) is 20.6 Å². The molecule has 1 aliphatic heterocycles. The maximum absolute atomic E-state index is 12.3. The third kappa shape index (κ3) is 5.46. The maximum atomic E-state index is 12.3. The molecule has 2 fully saturated rings. The first-order valence-electron chi connectivity index (χ1n) is 9.78. The van der Waals surface area contributed by atoms with Gasteiger partial charge in [-0.1, -0.05) is 12.8 Å². The van der Waals surface area contributed by atoms with E-state index in [0.717, 1.165) is 38.5 Å². The summed E-state index contributed by atoms with van der Waals surface area (Å²) in [5, 5.41) is 15.5. The Kier molecular flexibility index (Phi) is 7.11. The minimum atomic E-state index is -0.398. The lowest BCUT2D eigenvalue weighted by atomic mass is 9.96. The number of carbonyl (C=O) groups is 2. The summed E-state index contributed by atoms with van der Waals surface area (Å²) in [4.78, 5) is 32.1. The second-order valence-corrected chi connectivity index (χ2v) is 7.29. The highest BCUT2D eigenvalue weighted by Gasteiger charge is 2.33. The number of aliphatic hydroxyl groups excluding tert-OH is 1. The van der Waals surface area contributed by atoms with Gasteiger partial charge in [0.15, 0.2) is 0 Å². The van der Waals surface area contributed by atoms with E-state index in [0.29, 0.717) is 13.0 Å². The van der Waals surface area contributed by atoms with Gasteiger partial charge >= 0.3 is 0 Å². The van der Waals surface area contributed by atoms with Crippen molar-refractivity contribution in [2.75, 3.05) is 13.2 Å². The van der Waals surface area contributed by atoms with E-state index in [1.54, 1.807) is 0 Å². The number of rotatable bonds is 7. The van der Waals surface area contributed by atoms with Gasteiger partial charge in [0.25, 0.3) is 5.91 Å². The van der Waals surface area contributed by atoms with Gasteiger partial charge in [0.2, 0.25) is 5.91 Å². The molecule has 3 rings (SSSR count). The lowest BCUT2D eigenvalue weighted by Crippen LogP contribution is -2.52. The molecule has 27 heavy (non-hydrogen) atoms. The van der Waals surface area contributed by atoms with Gasteiger partial charge in [-0.15, -0.1) is 0 Å². The third-order valence-corrected chi connectivity index (χ3v) is 5.40. The normalized spacial score (nSPS) is 25.9. The van der Waals surface area contributed by atoms with Crippen LogP contribution < -0.4 is 10.6 Å². The summed E-state index contributed by atoms with van der Waals surface area (Å²) < 4.78 is 5.96. The summed E-state index contributed by atoms with van der Waals surface area (Å²) in [5.41, 5.74) is 0.282. The quantitative estimate of drug-likeness (QED) is 0.649. The third-order valence-electron chi connectivity index (χ3n) is 5.40. The van der Waals surface area contributed by atoms with Crippen LogP contribution in [0.3, 0.4) is 0 Å². The van der Waals surface area contributed by atoms with E-state index in [9.17, 15) is 14.7 Å². The molecule has 0 spiro atoms. The summed E-state index contributed by atoms with van der Waals surface area (Å²) in [7, 11) is 0. The molecule has 0 bridgehead atoms. The molecular weight excluding hydrogens is 348 g/mol. The Hall–Kier alpha value is -2.06. The summed E-state index contributed by atoms with van der Waals surface area (Å²) in [6.07, 6.45) is 10.3. The number of aromatic nitrogens is 2. The van der Waals surface area contributed by atoms with Gasteiger partial charge in [-0.05, 0) is 32.1 Å². The van der Waals surface area contributed by atoms with Gasteiger partial charge in [-0.2, -0.15) is 0 Å². The van der Waals surface area contributed by atoms with Crippen molar-refractivity contribution < 1.29 is 19.4 Å². The topological polar surface area (TPSA) is 113 Å². The Labute approximate surface area is 159 Å². The Morgan fingerprint density at radius 1 is 1.19 bits per heavy atom. The molecule has 1 saturated carbocycles. The molecule has 3 N–H and O–H groups in total. The van der Waals surface area contributed by atoms with Gasteiger partial charge in [0.1, 0.15) is 11.8 Å². The van der Waals surface area contributed by atoms with Gasteiger partial charge in [0, 0.05) is 24.9 Å². The fraction of sp³-hybridized carbons (Fsp3) is 0.684. The number of amides is 2. The van der Waals surface area contributed by atoms with E-state index < -0.39 is 6.10 Å². The molecule has 1 saturated heterocycles. The highest BCUT2D eigenvalue weighted by atomic mass is 16.5. The highest BCUT2D eigenvalue weighted by Crippen LogP contribution is 2.26. The average molecular weight is 376 g/mol. The van der Waals surface area contributed by atoms with Crippen LogP contribution >= 0.6 is 0 Å². The van der Waals surface area contributed by atoms with E-state index in [1.807, 2.05) is 0 Å². The van der Waals surface area contributed by atoms with Crippen LogP contribution in [0, 0.1) is 5.92 Å². The van der Waals surface area contributed by atoms with Gasteiger partial charge in [0.05, 0.1) is 24.9 Å². The van der Waals surface area contributed by atoms with Crippen molar-refractivity contribution in [1.29, 1.82) is 0 Å². The van der Waals surface area contributed by atoms with Crippen LogP contribution in [0.5, 0.6) is 0 Å². The van der Waals surface area contributed by atoms with Crippen molar-refractivity contribution in [3.63, 3.8) is 0 Å². The standard InChI is InChI=1S/C19H28N4O4/c24-12-17-15(23-18(25)13-3-1-2-4-13)6-5-14(27-17)7-8-22-19(26)16-11-20-9-10-21-16/h9-11,13-15,17,24H,1-8,12H2,(H,22,26)(H,23,25)/t14-,15-,17-/m0/s1. The van der Waals surface area contributed by atoms with Crippen molar-refractivity contribution in [3.05, 3.63) is 24.3 Å². The molecule has 2 heterocycles. The minimum Gasteiger partial charge on any atom is -0.394 e. The molecule has 3 atom stereocenters.